The maximum Gasteiger partial charge on any atom is 0.268 e. The number of carbonyl (C=O) groups is 1. The zero-order chi connectivity index (χ0) is 13.7. The highest BCUT2D eigenvalue weighted by Gasteiger charge is 2.06. The molecule has 0 fully saturated rings. The first-order valence-corrected chi connectivity index (χ1v) is 7.07. The molecule has 2 aromatic rings. The standard InChI is InChI=1S/C13H14N2O2S2/c1-17-10-4-2-9(3-5-10)6-7-14-12(16)11-8-19-13(18)15-11/h2-5,8H,6-7H2,1H3,(H,14,16)(H,15,18). The molecule has 1 aromatic carbocycles. The number of nitrogens with one attached hydrogen (secondary N) is 2. The van der Waals surface area contributed by atoms with Crippen LogP contribution >= 0.6 is 23.6 Å². The Morgan fingerprint density at radius 1 is 1.42 bits per heavy atom. The largest absolute Gasteiger partial charge is 0.497 e. The molecule has 19 heavy (non-hydrogen) atoms. The highest BCUT2D eigenvalue weighted by molar-refractivity contribution is 7.73. The van der Waals surface area contributed by atoms with Crippen LogP contribution < -0.4 is 10.1 Å². The molecule has 6 heteroatoms. The van der Waals surface area contributed by atoms with Gasteiger partial charge in [0.15, 0.2) is 3.95 Å². The van der Waals surface area contributed by atoms with Crippen LogP contribution in [0.1, 0.15) is 16.1 Å². The molecule has 4 nitrogen and oxygen atoms in total. The van der Waals surface area contributed by atoms with Gasteiger partial charge in [-0.3, -0.25) is 4.79 Å². The molecular formula is C13H14N2O2S2. The highest BCUT2D eigenvalue weighted by Crippen LogP contribution is 2.11. The molecule has 0 aliphatic heterocycles. The summed E-state index contributed by atoms with van der Waals surface area (Å²) in [5, 5.41) is 4.58. The maximum atomic E-state index is 11.7. The molecule has 0 bridgehead atoms. The van der Waals surface area contributed by atoms with Gasteiger partial charge in [-0.15, -0.1) is 11.3 Å². The first-order valence-electron chi connectivity index (χ1n) is 5.78. The summed E-state index contributed by atoms with van der Waals surface area (Å²) >= 11 is 6.29. The van der Waals surface area contributed by atoms with Crippen LogP contribution in [-0.2, 0) is 6.42 Å². The van der Waals surface area contributed by atoms with E-state index in [2.05, 4.69) is 10.3 Å². The second-order valence-electron chi connectivity index (χ2n) is 3.92. The zero-order valence-electron chi connectivity index (χ0n) is 10.4. The molecule has 1 heterocycles. The molecule has 100 valence electrons. The summed E-state index contributed by atoms with van der Waals surface area (Å²) in [5.41, 5.74) is 1.67. The Balaban J connectivity index is 1.82. The number of methoxy groups -OCH3 is 1. The normalized spacial score (nSPS) is 10.2. The minimum atomic E-state index is -0.124. The van der Waals surface area contributed by atoms with Gasteiger partial charge in [0.25, 0.3) is 5.91 Å². The lowest BCUT2D eigenvalue weighted by Crippen LogP contribution is -2.25. The van der Waals surface area contributed by atoms with Gasteiger partial charge >= 0.3 is 0 Å². The van der Waals surface area contributed by atoms with E-state index in [0.717, 1.165) is 17.7 Å². The van der Waals surface area contributed by atoms with Gasteiger partial charge in [0.2, 0.25) is 0 Å². The number of carbonyl (C=O) groups excluding carboxylic acids is 1. The second kappa shape index (κ2) is 6.49. The van der Waals surface area contributed by atoms with Crippen molar-refractivity contribution in [3.63, 3.8) is 0 Å². The zero-order valence-corrected chi connectivity index (χ0v) is 12.1. The van der Waals surface area contributed by atoms with Crippen molar-refractivity contribution in [3.05, 3.63) is 44.9 Å². The van der Waals surface area contributed by atoms with E-state index in [9.17, 15) is 4.79 Å². The smallest absolute Gasteiger partial charge is 0.268 e. The van der Waals surface area contributed by atoms with Crippen LogP contribution in [0.15, 0.2) is 29.6 Å². The number of aromatic amines is 1. The molecule has 1 amide bonds. The third-order valence-corrected chi connectivity index (χ3v) is 3.68. The fourth-order valence-corrected chi connectivity index (χ4v) is 2.41. The summed E-state index contributed by atoms with van der Waals surface area (Å²) < 4.78 is 5.70. The molecule has 0 saturated carbocycles. The van der Waals surface area contributed by atoms with E-state index < -0.39 is 0 Å². The SMILES string of the molecule is COc1ccc(CCNC(=O)c2csc(=S)[nH]2)cc1. The predicted molar refractivity (Wildman–Crippen MR) is 78.5 cm³/mol. The van der Waals surface area contributed by atoms with E-state index in [4.69, 9.17) is 17.0 Å². The number of amides is 1. The second-order valence-corrected chi connectivity index (χ2v) is 5.46. The van der Waals surface area contributed by atoms with Crippen LogP contribution in [0.5, 0.6) is 5.75 Å². The van der Waals surface area contributed by atoms with Crippen molar-refractivity contribution in [2.45, 2.75) is 6.42 Å². The molecule has 2 N–H and O–H groups in total. The van der Waals surface area contributed by atoms with Crippen molar-refractivity contribution >= 4 is 29.5 Å². The average Bonchev–Trinajstić information content (AvgIpc) is 2.86. The average molecular weight is 294 g/mol. The van der Waals surface area contributed by atoms with E-state index in [1.54, 1.807) is 12.5 Å². The summed E-state index contributed by atoms with van der Waals surface area (Å²) in [7, 11) is 1.64. The van der Waals surface area contributed by atoms with Crippen molar-refractivity contribution in [2.75, 3.05) is 13.7 Å². The van der Waals surface area contributed by atoms with E-state index in [1.807, 2.05) is 24.3 Å². The van der Waals surface area contributed by atoms with Crippen molar-refractivity contribution in [3.8, 4) is 5.75 Å². The first kappa shape index (κ1) is 13.8. The number of hydrogen-bond donors (Lipinski definition) is 2. The molecular weight excluding hydrogens is 280 g/mol. The minimum Gasteiger partial charge on any atom is -0.497 e. The minimum absolute atomic E-state index is 0.124. The summed E-state index contributed by atoms with van der Waals surface area (Å²) in [5.74, 6) is 0.708. The van der Waals surface area contributed by atoms with E-state index in [-0.39, 0.29) is 5.91 Å². The van der Waals surface area contributed by atoms with Crippen LogP contribution in [0.25, 0.3) is 0 Å². The highest BCUT2D eigenvalue weighted by atomic mass is 32.1. The number of H-pyrrole nitrogens is 1. The molecule has 0 atom stereocenters. The van der Waals surface area contributed by atoms with Crippen molar-refractivity contribution in [1.29, 1.82) is 0 Å². The predicted octanol–water partition coefficient (Wildman–Crippen LogP) is 2.79. The topological polar surface area (TPSA) is 54.1 Å². The van der Waals surface area contributed by atoms with Crippen molar-refractivity contribution in [1.82, 2.24) is 10.3 Å². The lowest BCUT2D eigenvalue weighted by atomic mass is 10.1. The quantitative estimate of drug-likeness (QED) is 0.834. The van der Waals surface area contributed by atoms with Crippen molar-refractivity contribution in [2.24, 2.45) is 0 Å². The number of hydrogen-bond acceptors (Lipinski definition) is 4. The van der Waals surface area contributed by atoms with Gasteiger partial charge in [0.05, 0.1) is 7.11 Å². The summed E-state index contributed by atoms with van der Waals surface area (Å²) in [4.78, 5) is 14.6. The number of rotatable bonds is 5. The van der Waals surface area contributed by atoms with Crippen molar-refractivity contribution < 1.29 is 9.53 Å². The molecule has 2 rings (SSSR count). The van der Waals surface area contributed by atoms with Gasteiger partial charge in [0, 0.05) is 11.9 Å². The van der Waals surface area contributed by atoms with Gasteiger partial charge in [-0.05, 0) is 36.3 Å². The molecule has 1 aromatic heterocycles. The number of benzene rings is 1. The first-order chi connectivity index (χ1) is 9.19. The monoisotopic (exact) mass is 294 g/mol. The Morgan fingerprint density at radius 3 is 2.74 bits per heavy atom. The lowest BCUT2D eigenvalue weighted by Gasteiger charge is -2.05. The Bertz CT molecular complexity index is 602. The Morgan fingerprint density at radius 2 is 2.16 bits per heavy atom. The van der Waals surface area contributed by atoms with E-state index in [0.29, 0.717) is 16.2 Å². The number of thiazole rings is 1. The van der Waals surface area contributed by atoms with Crippen LogP contribution in [0, 0.1) is 3.95 Å². The molecule has 0 unspecified atom stereocenters. The molecule has 0 saturated heterocycles. The van der Waals surface area contributed by atoms with Gasteiger partial charge in [-0.2, -0.15) is 0 Å². The van der Waals surface area contributed by atoms with Gasteiger partial charge in [-0.1, -0.05) is 12.1 Å². The molecule has 0 aliphatic rings. The van der Waals surface area contributed by atoms with Gasteiger partial charge < -0.3 is 15.0 Å². The fraction of sp³-hybridized carbons (Fsp3) is 0.231. The Labute approximate surface area is 120 Å². The molecule has 0 aliphatic carbocycles. The van der Waals surface area contributed by atoms with Crippen LogP contribution in [0.2, 0.25) is 0 Å². The van der Waals surface area contributed by atoms with E-state index in [1.165, 1.54) is 11.3 Å². The third-order valence-electron chi connectivity index (χ3n) is 2.62. The molecule has 0 radical (unpaired) electrons. The van der Waals surface area contributed by atoms with Crippen LogP contribution in [-0.4, -0.2) is 24.5 Å². The number of ether oxygens (including phenoxy) is 1. The number of aromatic nitrogens is 1. The third kappa shape index (κ3) is 3.90. The maximum absolute atomic E-state index is 11.7. The Kier molecular flexibility index (Phi) is 4.70. The summed E-state index contributed by atoms with van der Waals surface area (Å²) in [6.45, 7) is 0.585. The lowest BCUT2D eigenvalue weighted by molar-refractivity contribution is 0.0950. The van der Waals surface area contributed by atoms with Gasteiger partial charge in [0.1, 0.15) is 11.4 Å². The van der Waals surface area contributed by atoms with Gasteiger partial charge in [-0.25, -0.2) is 0 Å². The van der Waals surface area contributed by atoms with Crippen LogP contribution in [0.4, 0.5) is 0 Å². The Hall–Kier alpha value is -1.66. The van der Waals surface area contributed by atoms with E-state index >= 15 is 0 Å². The summed E-state index contributed by atoms with van der Waals surface area (Å²) in [6.07, 6.45) is 0.778. The molecule has 0 spiro atoms. The fourth-order valence-electron chi connectivity index (χ4n) is 1.60. The van der Waals surface area contributed by atoms with Crippen LogP contribution in [0.3, 0.4) is 0 Å². The summed E-state index contributed by atoms with van der Waals surface area (Å²) in [6, 6.07) is 7.80.